The standard InChI is InChI=1S/C22H29NO2S2/c1-17-7-5-6-8-20(17)21-13-14-23(15-16-26-21)27(24,25)19-11-9-18(10-12-19)22(2,3)4/h5-12,21H,13-16H2,1-4H3. The molecule has 0 spiro atoms. The maximum absolute atomic E-state index is 13.1. The average molecular weight is 404 g/mol. The van der Waals surface area contributed by atoms with Crippen LogP contribution in [0.2, 0.25) is 0 Å². The van der Waals surface area contributed by atoms with Crippen LogP contribution in [-0.2, 0) is 15.4 Å². The van der Waals surface area contributed by atoms with E-state index >= 15 is 0 Å². The fourth-order valence-electron chi connectivity index (χ4n) is 3.46. The monoisotopic (exact) mass is 403 g/mol. The highest BCUT2D eigenvalue weighted by Gasteiger charge is 2.29. The van der Waals surface area contributed by atoms with Crippen LogP contribution in [0.15, 0.2) is 53.4 Å². The first kappa shape index (κ1) is 20.4. The quantitative estimate of drug-likeness (QED) is 0.710. The van der Waals surface area contributed by atoms with Crippen molar-refractivity contribution >= 4 is 21.8 Å². The predicted octanol–water partition coefficient (Wildman–Crippen LogP) is 5.16. The molecule has 1 atom stereocenters. The third-order valence-electron chi connectivity index (χ3n) is 5.19. The van der Waals surface area contributed by atoms with Gasteiger partial charge in [-0.1, -0.05) is 57.2 Å². The van der Waals surface area contributed by atoms with Crippen molar-refractivity contribution in [1.82, 2.24) is 4.31 Å². The number of sulfonamides is 1. The third kappa shape index (κ3) is 4.58. The van der Waals surface area contributed by atoms with Crippen molar-refractivity contribution in [2.45, 2.75) is 49.7 Å². The van der Waals surface area contributed by atoms with Crippen LogP contribution in [0.3, 0.4) is 0 Å². The Morgan fingerprint density at radius 1 is 1.00 bits per heavy atom. The van der Waals surface area contributed by atoms with Gasteiger partial charge in [0.15, 0.2) is 0 Å². The first-order chi connectivity index (χ1) is 12.7. The Balaban J connectivity index is 1.77. The lowest BCUT2D eigenvalue weighted by atomic mass is 9.87. The van der Waals surface area contributed by atoms with E-state index in [0.717, 1.165) is 17.7 Å². The molecule has 0 N–H and O–H groups in total. The number of rotatable bonds is 3. The van der Waals surface area contributed by atoms with Gasteiger partial charge >= 0.3 is 0 Å². The van der Waals surface area contributed by atoms with Gasteiger partial charge in [-0.2, -0.15) is 16.1 Å². The van der Waals surface area contributed by atoms with Crippen molar-refractivity contribution in [2.24, 2.45) is 0 Å². The topological polar surface area (TPSA) is 37.4 Å². The van der Waals surface area contributed by atoms with Gasteiger partial charge in [0.1, 0.15) is 0 Å². The van der Waals surface area contributed by atoms with Crippen LogP contribution in [0.5, 0.6) is 0 Å². The van der Waals surface area contributed by atoms with Crippen LogP contribution < -0.4 is 0 Å². The molecular weight excluding hydrogens is 374 g/mol. The molecule has 146 valence electrons. The maximum atomic E-state index is 13.1. The van der Waals surface area contributed by atoms with E-state index in [-0.39, 0.29) is 5.41 Å². The zero-order chi connectivity index (χ0) is 19.7. The lowest BCUT2D eigenvalue weighted by Gasteiger charge is -2.22. The third-order valence-corrected chi connectivity index (χ3v) is 8.42. The molecule has 0 bridgehead atoms. The molecule has 0 aromatic heterocycles. The molecule has 0 radical (unpaired) electrons. The highest BCUT2D eigenvalue weighted by atomic mass is 32.2. The summed E-state index contributed by atoms with van der Waals surface area (Å²) in [5, 5.41) is 0.356. The van der Waals surface area contributed by atoms with Gasteiger partial charge in [-0.3, -0.25) is 0 Å². The molecule has 1 aliphatic heterocycles. The zero-order valence-electron chi connectivity index (χ0n) is 16.6. The van der Waals surface area contributed by atoms with Gasteiger partial charge in [0, 0.05) is 24.1 Å². The summed E-state index contributed by atoms with van der Waals surface area (Å²) in [6.07, 6.45) is 0.842. The van der Waals surface area contributed by atoms with Crippen molar-refractivity contribution in [3.8, 4) is 0 Å². The second kappa shape index (κ2) is 7.98. The van der Waals surface area contributed by atoms with Crippen LogP contribution in [0.25, 0.3) is 0 Å². The number of hydrogen-bond acceptors (Lipinski definition) is 3. The Kier molecular flexibility index (Phi) is 6.04. The molecule has 0 aliphatic carbocycles. The molecule has 1 saturated heterocycles. The fraction of sp³-hybridized carbons (Fsp3) is 0.455. The van der Waals surface area contributed by atoms with E-state index < -0.39 is 10.0 Å². The van der Waals surface area contributed by atoms with Crippen LogP contribution in [0, 0.1) is 6.92 Å². The van der Waals surface area contributed by atoms with Gasteiger partial charge in [-0.15, -0.1) is 0 Å². The van der Waals surface area contributed by atoms with E-state index in [1.807, 2.05) is 23.9 Å². The highest BCUT2D eigenvalue weighted by Crippen LogP contribution is 2.37. The lowest BCUT2D eigenvalue weighted by molar-refractivity contribution is 0.428. The van der Waals surface area contributed by atoms with Gasteiger partial charge in [0.25, 0.3) is 0 Å². The summed E-state index contributed by atoms with van der Waals surface area (Å²) in [4.78, 5) is 0.398. The van der Waals surface area contributed by atoms with Gasteiger partial charge < -0.3 is 0 Å². The van der Waals surface area contributed by atoms with Gasteiger partial charge in [-0.05, 0) is 47.6 Å². The molecule has 5 heteroatoms. The Labute approximate surface area is 168 Å². The van der Waals surface area contributed by atoms with E-state index in [4.69, 9.17) is 0 Å². The van der Waals surface area contributed by atoms with Crippen LogP contribution in [-0.4, -0.2) is 31.6 Å². The predicted molar refractivity (Wildman–Crippen MR) is 115 cm³/mol. The normalized spacial score (nSPS) is 19.6. The smallest absolute Gasteiger partial charge is 0.207 e. The molecule has 1 fully saturated rings. The Bertz CT molecular complexity index is 883. The van der Waals surface area contributed by atoms with Crippen molar-refractivity contribution < 1.29 is 8.42 Å². The van der Waals surface area contributed by atoms with Crippen molar-refractivity contribution in [3.63, 3.8) is 0 Å². The van der Waals surface area contributed by atoms with E-state index in [9.17, 15) is 8.42 Å². The molecular formula is C22H29NO2S2. The highest BCUT2D eigenvalue weighted by molar-refractivity contribution is 7.99. The molecule has 2 aromatic rings. The van der Waals surface area contributed by atoms with Crippen molar-refractivity contribution in [3.05, 3.63) is 65.2 Å². The van der Waals surface area contributed by atoms with Crippen molar-refractivity contribution in [1.29, 1.82) is 0 Å². The summed E-state index contributed by atoms with van der Waals surface area (Å²) in [6.45, 7) is 9.66. The average Bonchev–Trinajstić information content (AvgIpc) is 2.88. The second-order valence-corrected chi connectivity index (χ2v) is 11.4. The Morgan fingerprint density at radius 3 is 2.30 bits per heavy atom. The minimum Gasteiger partial charge on any atom is -0.207 e. The van der Waals surface area contributed by atoms with E-state index in [1.54, 1.807) is 16.4 Å². The summed E-state index contributed by atoms with van der Waals surface area (Å²) in [5.41, 5.74) is 3.77. The summed E-state index contributed by atoms with van der Waals surface area (Å²) in [5.74, 6) is 0.818. The summed E-state index contributed by atoms with van der Waals surface area (Å²) >= 11 is 1.87. The maximum Gasteiger partial charge on any atom is 0.243 e. The van der Waals surface area contributed by atoms with Gasteiger partial charge in [0.2, 0.25) is 10.0 Å². The second-order valence-electron chi connectivity index (χ2n) is 8.18. The molecule has 3 nitrogen and oxygen atoms in total. The van der Waals surface area contributed by atoms with Crippen LogP contribution in [0.1, 0.15) is 49.1 Å². The first-order valence-electron chi connectivity index (χ1n) is 9.47. The molecule has 27 heavy (non-hydrogen) atoms. The number of benzene rings is 2. The zero-order valence-corrected chi connectivity index (χ0v) is 18.2. The van der Waals surface area contributed by atoms with Gasteiger partial charge in [0.05, 0.1) is 4.90 Å². The van der Waals surface area contributed by atoms with Crippen LogP contribution in [0.4, 0.5) is 0 Å². The largest absolute Gasteiger partial charge is 0.243 e. The van der Waals surface area contributed by atoms with Crippen molar-refractivity contribution in [2.75, 3.05) is 18.8 Å². The molecule has 3 rings (SSSR count). The summed E-state index contributed by atoms with van der Waals surface area (Å²) < 4.78 is 27.9. The summed E-state index contributed by atoms with van der Waals surface area (Å²) in [6, 6.07) is 15.8. The first-order valence-corrected chi connectivity index (χ1v) is 12.0. The van der Waals surface area contributed by atoms with E-state index in [1.165, 1.54) is 11.1 Å². The fourth-order valence-corrected chi connectivity index (χ4v) is 6.36. The number of hydrogen-bond donors (Lipinski definition) is 0. The SMILES string of the molecule is Cc1ccccc1C1CCN(S(=O)(=O)c2ccc(C(C)(C)C)cc2)CCS1. The Morgan fingerprint density at radius 2 is 1.67 bits per heavy atom. The van der Waals surface area contributed by atoms with E-state index in [0.29, 0.717) is 23.2 Å². The molecule has 0 amide bonds. The summed E-state index contributed by atoms with van der Waals surface area (Å²) in [7, 11) is -3.44. The molecule has 2 aromatic carbocycles. The molecule has 1 aliphatic rings. The van der Waals surface area contributed by atoms with E-state index in [2.05, 4.69) is 52.0 Å². The Hall–Kier alpha value is -1.30. The van der Waals surface area contributed by atoms with Gasteiger partial charge in [-0.25, -0.2) is 8.42 Å². The number of thioether (sulfide) groups is 1. The lowest BCUT2D eigenvalue weighted by Crippen LogP contribution is -2.33. The minimum absolute atomic E-state index is 0.0162. The van der Waals surface area contributed by atoms with Crippen LogP contribution >= 0.6 is 11.8 Å². The number of aryl methyl sites for hydroxylation is 1. The minimum atomic E-state index is -3.44. The molecule has 1 unspecified atom stereocenters. The number of nitrogens with zero attached hydrogens (tertiary/aromatic N) is 1. The molecule has 0 saturated carbocycles. The molecule has 1 heterocycles.